The van der Waals surface area contributed by atoms with Gasteiger partial charge >= 0.3 is 0 Å². The van der Waals surface area contributed by atoms with Gasteiger partial charge in [0.15, 0.2) is 11.6 Å². The van der Waals surface area contributed by atoms with Gasteiger partial charge in [-0.3, -0.25) is 9.59 Å². The van der Waals surface area contributed by atoms with E-state index >= 15 is 0 Å². The van der Waals surface area contributed by atoms with Crippen LogP contribution in [-0.2, 0) is 0 Å². The van der Waals surface area contributed by atoms with Crippen molar-refractivity contribution in [2.24, 2.45) is 5.92 Å². The number of alkyl halides is 1. The molecular formula is C24H25BrCl2O2. The van der Waals surface area contributed by atoms with Gasteiger partial charge in [0, 0.05) is 39.0 Å². The van der Waals surface area contributed by atoms with Crippen LogP contribution in [0, 0.1) is 5.92 Å². The van der Waals surface area contributed by atoms with Gasteiger partial charge in [0.1, 0.15) is 0 Å². The van der Waals surface area contributed by atoms with Crippen molar-refractivity contribution in [3.05, 3.63) is 69.7 Å². The predicted molar refractivity (Wildman–Crippen MR) is 124 cm³/mol. The van der Waals surface area contributed by atoms with E-state index in [0.29, 0.717) is 0 Å². The molecule has 0 amide bonds. The van der Waals surface area contributed by atoms with Gasteiger partial charge in [0.05, 0.1) is 14.4 Å². The summed E-state index contributed by atoms with van der Waals surface area (Å²) in [4.78, 5) is 25.4. The molecule has 0 N–H and O–H groups in total. The van der Waals surface area contributed by atoms with E-state index in [-0.39, 0.29) is 21.2 Å². The van der Waals surface area contributed by atoms with E-state index in [9.17, 15) is 9.59 Å². The third-order valence-electron chi connectivity index (χ3n) is 3.86. The van der Waals surface area contributed by atoms with Crippen molar-refractivity contribution in [1.29, 1.82) is 0 Å². The summed E-state index contributed by atoms with van der Waals surface area (Å²) in [6.45, 7) is 0. The number of carbonyl (C=O) groups excluding carboxylic acids is 2. The normalized spacial score (nSPS) is 40.2. The lowest BCUT2D eigenvalue weighted by Crippen LogP contribution is -2.28. The zero-order valence-electron chi connectivity index (χ0n) is 30.6. The molecule has 2 fully saturated rings. The molecule has 5 heteroatoms. The second-order valence-corrected chi connectivity index (χ2v) is 7.79. The summed E-state index contributed by atoms with van der Waals surface area (Å²) in [5, 5.41) is -0.0805. The Bertz CT molecular complexity index is 1480. The first-order valence-corrected chi connectivity index (χ1v) is 9.79. The van der Waals surface area contributed by atoms with Crippen molar-refractivity contribution in [2.75, 3.05) is 0 Å². The van der Waals surface area contributed by atoms with Crippen LogP contribution in [-0.4, -0.2) is 15.9 Å². The van der Waals surface area contributed by atoms with Crippen LogP contribution in [0.5, 0.6) is 0 Å². The highest BCUT2D eigenvalue weighted by Crippen LogP contribution is 2.41. The first-order chi connectivity index (χ1) is 20.0. The highest BCUT2D eigenvalue weighted by atomic mass is 79.9. The number of benzene rings is 2. The molecule has 2 aromatic rings. The number of ketones is 2. The Hall–Kier alpha value is -1.16. The van der Waals surface area contributed by atoms with Crippen molar-refractivity contribution in [3.8, 4) is 0 Å². The molecule has 0 spiro atoms. The zero-order chi connectivity index (χ0) is 35.2. The van der Waals surface area contributed by atoms with Gasteiger partial charge in [-0.2, -0.15) is 0 Å². The molecular weight excluding hydrogens is 471 g/mol. The molecule has 0 bridgehead atoms. The predicted octanol–water partition coefficient (Wildman–Crippen LogP) is 7.94. The molecule has 2 aromatic carbocycles. The molecule has 0 unspecified atom stereocenters. The number of carbonyl (C=O) groups is 2. The first kappa shape index (κ1) is 9.54. The maximum Gasteiger partial charge on any atom is 0.181 e. The fourth-order valence-electron chi connectivity index (χ4n) is 2.41. The van der Waals surface area contributed by atoms with Crippen molar-refractivity contribution in [1.82, 2.24) is 0 Å². The Balaban J connectivity index is 0.000000246. The van der Waals surface area contributed by atoms with Gasteiger partial charge < -0.3 is 0 Å². The van der Waals surface area contributed by atoms with Crippen LogP contribution >= 0.6 is 39.1 Å². The number of rotatable bonds is 4. The molecule has 2 aliphatic rings. The van der Waals surface area contributed by atoms with Gasteiger partial charge in [-0.15, -0.1) is 0 Å². The van der Waals surface area contributed by atoms with Crippen LogP contribution in [0.25, 0.3) is 0 Å². The average molecular weight is 512 g/mol. The summed E-state index contributed by atoms with van der Waals surface area (Å²) in [7, 11) is 0. The lowest BCUT2D eigenvalue weighted by atomic mass is 9.96. The average Bonchev–Trinajstić information content (AvgIpc) is 3.01. The molecule has 4 rings (SSSR count). The van der Waals surface area contributed by atoms with Crippen LogP contribution in [0.2, 0.25) is 10.0 Å². The molecule has 0 saturated heterocycles. The quantitative estimate of drug-likeness (QED) is 0.308. The molecule has 0 heterocycles. The van der Waals surface area contributed by atoms with Crippen molar-refractivity contribution >= 4 is 50.7 Å². The molecule has 0 atom stereocenters. The number of halogens is 3. The van der Waals surface area contributed by atoms with Crippen molar-refractivity contribution in [3.63, 3.8) is 0 Å². The van der Waals surface area contributed by atoms with E-state index in [1.165, 1.54) is 48.5 Å². The van der Waals surface area contributed by atoms with E-state index in [0.717, 1.165) is 0 Å². The third-order valence-corrected chi connectivity index (χ3v) is 5.28. The number of hydrogen-bond donors (Lipinski definition) is 0. The lowest BCUT2D eigenvalue weighted by molar-refractivity contribution is 0.0921. The van der Waals surface area contributed by atoms with Gasteiger partial charge in [-0.25, -0.2) is 0 Å². The molecule has 2 nitrogen and oxygen atoms in total. The summed E-state index contributed by atoms with van der Waals surface area (Å²) >= 11 is 14.5. The number of Topliss-reactive ketones (excluding diaryl/α,β-unsaturated/α-hetero) is 2. The Morgan fingerprint density at radius 1 is 0.862 bits per heavy atom. The van der Waals surface area contributed by atoms with Crippen LogP contribution in [0.3, 0.4) is 0 Å². The summed E-state index contributed by atoms with van der Waals surface area (Å²) in [5.41, 5.74) is -0.372. The van der Waals surface area contributed by atoms with Crippen LogP contribution in [0.15, 0.2) is 48.5 Å². The van der Waals surface area contributed by atoms with Crippen LogP contribution in [0.4, 0.5) is 0 Å². The zero-order valence-corrected chi connectivity index (χ0v) is 17.7. The van der Waals surface area contributed by atoms with Crippen molar-refractivity contribution < 1.29 is 31.5 Å². The minimum absolute atomic E-state index is 0.0212. The molecule has 0 aromatic heterocycles. The van der Waals surface area contributed by atoms with Crippen LogP contribution in [0.1, 0.15) is 93.6 Å². The largest absolute Gasteiger partial charge is 0.294 e. The second kappa shape index (κ2) is 10.2. The highest BCUT2D eigenvalue weighted by Gasteiger charge is 2.39. The monoisotopic (exact) mass is 510 g/mol. The van der Waals surface area contributed by atoms with Crippen molar-refractivity contribution in [2.45, 2.75) is 55.3 Å². The first-order valence-electron chi connectivity index (χ1n) is 16.2. The highest BCUT2D eigenvalue weighted by molar-refractivity contribution is 9.10. The molecule has 0 radical (unpaired) electrons. The minimum atomic E-state index is -3.26. The van der Waals surface area contributed by atoms with Gasteiger partial charge in [-0.05, 0) is 49.8 Å². The standard InChI is InChI=1S/C12H12BrClO.C12H13ClO/c13-12(7-3-4-8-12)11(15)9-5-1-2-6-10(9)14;13-11-8-4-3-7-10(11)12(14)9-5-1-2-6-9/h1-2,5-6H,3-4,7-8H2;3-4,7-9H,1-2,5-6H2/i3D2,4D2,7D2,8D2;1D2,2D2,5D2,6D2. The lowest BCUT2D eigenvalue weighted by Gasteiger charge is -2.19. The molecule has 2 saturated carbocycles. The fraction of sp³-hybridized carbons (Fsp3) is 0.417. The SMILES string of the molecule is [2H]C1([2H])C(C(=O)c2ccccc2Cl)C([2H])([2H])C([2H])([2H])C1([2H])[2H].[2H]C1([2H])C([2H])([2H])C([2H])([2H])C(Br)(C(=O)c2ccccc2Cl)C1([2H])[2H]. The Kier molecular flexibility index (Phi) is 3.37. The molecule has 0 aliphatic heterocycles. The Labute approximate surface area is 213 Å². The summed E-state index contributed by atoms with van der Waals surface area (Å²) in [6, 6.07) is 11.2. The van der Waals surface area contributed by atoms with Gasteiger partial charge in [0.25, 0.3) is 0 Å². The van der Waals surface area contributed by atoms with Gasteiger partial charge in [0.2, 0.25) is 0 Å². The summed E-state index contributed by atoms with van der Waals surface area (Å²) in [5.74, 6) is -4.35. The number of hydrogen-bond acceptors (Lipinski definition) is 2. The molecule has 154 valence electrons. The Morgan fingerprint density at radius 2 is 1.34 bits per heavy atom. The minimum Gasteiger partial charge on any atom is -0.294 e. The maximum absolute atomic E-state index is 12.9. The summed E-state index contributed by atoms with van der Waals surface area (Å²) in [6.07, 6.45) is -25.3. The fourth-order valence-corrected chi connectivity index (χ4v) is 3.27. The van der Waals surface area contributed by atoms with Crippen LogP contribution < -0.4 is 0 Å². The smallest absolute Gasteiger partial charge is 0.181 e. The topological polar surface area (TPSA) is 34.1 Å². The molecule has 2 aliphatic carbocycles. The maximum atomic E-state index is 12.9. The van der Waals surface area contributed by atoms with E-state index < -0.39 is 72.8 Å². The Morgan fingerprint density at radius 3 is 1.86 bits per heavy atom. The van der Waals surface area contributed by atoms with E-state index in [1.807, 2.05) is 0 Å². The van der Waals surface area contributed by atoms with E-state index in [1.54, 1.807) is 0 Å². The van der Waals surface area contributed by atoms with Gasteiger partial charge in [-0.1, -0.05) is 88.9 Å². The third kappa shape index (κ3) is 5.51. The van der Waals surface area contributed by atoms with E-state index in [4.69, 9.17) is 45.1 Å². The molecule has 29 heavy (non-hydrogen) atoms. The summed E-state index contributed by atoms with van der Waals surface area (Å²) < 4.78 is 122. The van der Waals surface area contributed by atoms with E-state index in [2.05, 4.69) is 15.9 Å². The second-order valence-electron chi connectivity index (χ2n) is 5.78.